The summed E-state index contributed by atoms with van der Waals surface area (Å²) < 4.78 is 5.34. The number of hydrogen-bond donors (Lipinski definition) is 0. The second kappa shape index (κ2) is 8.97. The molecule has 0 atom stereocenters. The Balaban J connectivity index is 3.68. The average molecular weight is 197 g/mol. The highest BCUT2D eigenvalue weighted by atomic mass is 16.5. The summed E-state index contributed by atoms with van der Waals surface area (Å²) in [4.78, 5) is 2.37. The molecule has 0 aromatic rings. The molecule has 0 aliphatic carbocycles. The smallest absolute Gasteiger partial charge is 0.0678 e. The maximum absolute atomic E-state index is 5.34. The van der Waals surface area contributed by atoms with Gasteiger partial charge in [-0.2, -0.15) is 0 Å². The highest BCUT2D eigenvalue weighted by molar-refractivity contribution is 4.99. The van der Waals surface area contributed by atoms with E-state index in [2.05, 4.69) is 38.3 Å². The van der Waals surface area contributed by atoms with Gasteiger partial charge < -0.3 is 9.64 Å². The quantitative estimate of drug-likeness (QED) is 0.438. The first kappa shape index (κ1) is 13.4. The Morgan fingerprint density at radius 2 is 2.00 bits per heavy atom. The molecule has 0 fully saturated rings. The molecule has 14 heavy (non-hydrogen) atoms. The van der Waals surface area contributed by atoms with Gasteiger partial charge in [0.2, 0.25) is 0 Å². The van der Waals surface area contributed by atoms with E-state index in [4.69, 9.17) is 4.74 Å². The van der Waals surface area contributed by atoms with E-state index in [0.29, 0.717) is 13.2 Å². The van der Waals surface area contributed by atoms with Crippen LogP contribution in [0, 0.1) is 0 Å². The molecule has 0 N–H and O–H groups in total. The van der Waals surface area contributed by atoms with Crippen molar-refractivity contribution in [2.24, 2.45) is 0 Å². The first-order valence-electron chi connectivity index (χ1n) is 5.31. The van der Waals surface area contributed by atoms with Crippen molar-refractivity contribution in [2.45, 2.75) is 20.8 Å². The molecular formula is C12H23NO. The van der Waals surface area contributed by atoms with Crippen molar-refractivity contribution >= 4 is 0 Å². The molecule has 0 unspecified atom stereocenters. The second-order valence-corrected chi connectivity index (χ2v) is 3.34. The molecular weight excluding hydrogens is 174 g/mol. The first-order valence-corrected chi connectivity index (χ1v) is 5.31. The Bertz CT molecular complexity index is 171. The Hall–Kier alpha value is -0.600. The fourth-order valence-corrected chi connectivity index (χ4v) is 1.13. The van der Waals surface area contributed by atoms with Crippen LogP contribution >= 0.6 is 0 Å². The maximum atomic E-state index is 5.34. The molecule has 0 spiro atoms. The minimum atomic E-state index is 0.635. The van der Waals surface area contributed by atoms with Gasteiger partial charge in [0, 0.05) is 6.54 Å². The van der Waals surface area contributed by atoms with Gasteiger partial charge in [-0.25, -0.2) is 0 Å². The summed E-state index contributed by atoms with van der Waals surface area (Å²) in [6.45, 7) is 14.7. The summed E-state index contributed by atoms with van der Waals surface area (Å²) in [5, 5.41) is 0. The topological polar surface area (TPSA) is 12.5 Å². The van der Waals surface area contributed by atoms with Gasteiger partial charge in [0.1, 0.15) is 0 Å². The fraction of sp³-hybridized carbons (Fsp3) is 0.667. The van der Waals surface area contributed by atoms with Gasteiger partial charge in [-0.05, 0) is 20.0 Å². The van der Waals surface area contributed by atoms with E-state index in [-0.39, 0.29) is 0 Å². The van der Waals surface area contributed by atoms with Crippen LogP contribution < -0.4 is 0 Å². The molecule has 2 nitrogen and oxygen atoms in total. The van der Waals surface area contributed by atoms with Gasteiger partial charge in [0.25, 0.3) is 0 Å². The third-order valence-electron chi connectivity index (χ3n) is 2.16. The Morgan fingerprint density at radius 3 is 2.50 bits per heavy atom. The van der Waals surface area contributed by atoms with Crippen LogP contribution in [0.25, 0.3) is 0 Å². The van der Waals surface area contributed by atoms with Crippen molar-refractivity contribution in [3.63, 3.8) is 0 Å². The minimum absolute atomic E-state index is 0.635. The van der Waals surface area contributed by atoms with Crippen molar-refractivity contribution in [1.82, 2.24) is 4.90 Å². The zero-order chi connectivity index (χ0) is 10.8. The lowest BCUT2D eigenvalue weighted by Gasteiger charge is -2.15. The summed E-state index contributed by atoms with van der Waals surface area (Å²) >= 11 is 0. The van der Waals surface area contributed by atoms with Crippen LogP contribution in [-0.2, 0) is 4.74 Å². The van der Waals surface area contributed by atoms with Crippen LogP contribution in [0.3, 0.4) is 0 Å². The molecule has 0 heterocycles. The number of ether oxygens (including phenoxy) is 1. The van der Waals surface area contributed by atoms with E-state index in [1.165, 1.54) is 5.57 Å². The third kappa shape index (κ3) is 6.87. The maximum Gasteiger partial charge on any atom is 0.0678 e. The average Bonchev–Trinajstić information content (AvgIpc) is 2.20. The van der Waals surface area contributed by atoms with Gasteiger partial charge in [0.05, 0.1) is 13.2 Å². The Kier molecular flexibility index (Phi) is 8.59. The summed E-state index contributed by atoms with van der Waals surface area (Å²) in [6, 6.07) is 0. The van der Waals surface area contributed by atoms with Crippen LogP contribution in [0.15, 0.2) is 24.3 Å². The van der Waals surface area contributed by atoms with Crippen molar-refractivity contribution in [3.8, 4) is 0 Å². The summed E-state index contributed by atoms with van der Waals surface area (Å²) in [7, 11) is 0. The SMILES string of the molecule is C=CCOC/C(C)=C/CN(CC)CC. The van der Waals surface area contributed by atoms with E-state index >= 15 is 0 Å². The highest BCUT2D eigenvalue weighted by Gasteiger charge is 1.95. The molecule has 0 aromatic heterocycles. The monoisotopic (exact) mass is 197 g/mol. The van der Waals surface area contributed by atoms with E-state index in [9.17, 15) is 0 Å². The van der Waals surface area contributed by atoms with Gasteiger partial charge in [-0.15, -0.1) is 6.58 Å². The number of likely N-dealkylation sites (N-methyl/N-ethyl adjacent to an activating group) is 1. The lowest BCUT2D eigenvalue weighted by molar-refractivity contribution is 0.186. The summed E-state index contributed by atoms with van der Waals surface area (Å²) in [5.41, 5.74) is 1.29. The largest absolute Gasteiger partial charge is 0.373 e. The molecule has 0 saturated carbocycles. The molecule has 2 heteroatoms. The number of hydrogen-bond acceptors (Lipinski definition) is 2. The predicted octanol–water partition coefficient (Wildman–Crippen LogP) is 2.48. The van der Waals surface area contributed by atoms with Crippen molar-refractivity contribution in [2.75, 3.05) is 32.8 Å². The molecule has 0 aliphatic rings. The molecule has 82 valence electrons. The minimum Gasteiger partial charge on any atom is -0.373 e. The van der Waals surface area contributed by atoms with Crippen molar-refractivity contribution in [3.05, 3.63) is 24.3 Å². The van der Waals surface area contributed by atoms with Gasteiger partial charge in [-0.1, -0.05) is 31.6 Å². The van der Waals surface area contributed by atoms with Gasteiger partial charge in [-0.3, -0.25) is 0 Å². The van der Waals surface area contributed by atoms with Crippen LogP contribution in [0.1, 0.15) is 20.8 Å². The highest BCUT2D eigenvalue weighted by Crippen LogP contribution is 1.96. The van der Waals surface area contributed by atoms with Crippen molar-refractivity contribution in [1.29, 1.82) is 0 Å². The summed E-state index contributed by atoms with van der Waals surface area (Å²) in [5.74, 6) is 0. The number of rotatable bonds is 8. The van der Waals surface area contributed by atoms with Crippen LogP contribution in [0.4, 0.5) is 0 Å². The fourth-order valence-electron chi connectivity index (χ4n) is 1.13. The van der Waals surface area contributed by atoms with E-state index in [1.807, 2.05) is 0 Å². The van der Waals surface area contributed by atoms with Crippen LogP contribution in [-0.4, -0.2) is 37.7 Å². The van der Waals surface area contributed by atoms with E-state index in [0.717, 1.165) is 19.6 Å². The van der Waals surface area contributed by atoms with Crippen molar-refractivity contribution < 1.29 is 4.74 Å². The summed E-state index contributed by atoms with van der Waals surface area (Å²) in [6.07, 6.45) is 4.01. The standard InChI is InChI=1S/C12H23NO/c1-5-10-14-11-12(4)8-9-13(6-2)7-3/h5,8H,1,6-7,9-11H2,2-4H3/b12-8+. The molecule has 0 bridgehead atoms. The molecule has 0 aliphatic heterocycles. The predicted molar refractivity (Wildman–Crippen MR) is 62.6 cm³/mol. The Morgan fingerprint density at radius 1 is 1.36 bits per heavy atom. The molecule has 0 saturated heterocycles. The molecule has 0 rings (SSSR count). The first-order chi connectivity index (χ1) is 6.74. The van der Waals surface area contributed by atoms with Gasteiger partial charge in [0.15, 0.2) is 0 Å². The van der Waals surface area contributed by atoms with E-state index < -0.39 is 0 Å². The van der Waals surface area contributed by atoms with Crippen LogP contribution in [0.2, 0.25) is 0 Å². The van der Waals surface area contributed by atoms with Gasteiger partial charge >= 0.3 is 0 Å². The van der Waals surface area contributed by atoms with Crippen LogP contribution in [0.5, 0.6) is 0 Å². The normalized spacial score (nSPS) is 12.1. The zero-order valence-electron chi connectivity index (χ0n) is 9.75. The third-order valence-corrected chi connectivity index (χ3v) is 2.16. The van der Waals surface area contributed by atoms with E-state index in [1.54, 1.807) is 6.08 Å². The number of nitrogens with zero attached hydrogens (tertiary/aromatic N) is 1. The molecule has 0 amide bonds. The lowest BCUT2D eigenvalue weighted by Crippen LogP contribution is -2.23. The molecule has 0 aromatic carbocycles. The molecule has 0 radical (unpaired) electrons. The zero-order valence-corrected chi connectivity index (χ0v) is 9.75. The second-order valence-electron chi connectivity index (χ2n) is 3.34. The Labute approximate surface area is 88.2 Å². The lowest BCUT2D eigenvalue weighted by atomic mass is 10.3.